The summed E-state index contributed by atoms with van der Waals surface area (Å²) in [6.07, 6.45) is 3.87. The lowest BCUT2D eigenvalue weighted by molar-refractivity contribution is -0.134. The molecule has 1 saturated heterocycles. The van der Waals surface area contributed by atoms with E-state index in [4.69, 9.17) is 11.6 Å². The molecule has 1 spiro atoms. The van der Waals surface area contributed by atoms with Gasteiger partial charge in [0.05, 0.1) is 21.8 Å². The molecule has 10 heteroatoms. The Kier molecular flexibility index (Phi) is 5.36. The van der Waals surface area contributed by atoms with Crippen molar-refractivity contribution < 1.29 is 24.0 Å². The fraction of sp³-hybridized carbons (Fsp3) is 0.292. The Hall–Kier alpha value is -3.72. The van der Waals surface area contributed by atoms with Crippen molar-refractivity contribution in [2.24, 2.45) is 0 Å². The van der Waals surface area contributed by atoms with Crippen LogP contribution in [0.5, 0.6) is 0 Å². The van der Waals surface area contributed by atoms with Crippen molar-refractivity contribution in [1.82, 2.24) is 10.2 Å². The first-order chi connectivity index (χ1) is 16.3. The Morgan fingerprint density at radius 1 is 0.971 bits per heavy atom. The van der Waals surface area contributed by atoms with E-state index in [9.17, 15) is 24.0 Å². The van der Waals surface area contributed by atoms with Crippen LogP contribution >= 0.6 is 11.6 Å². The predicted molar refractivity (Wildman–Crippen MR) is 124 cm³/mol. The number of carbonyl (C=O) groups is 5. The molecule has 34 heavy (non-hydrogen) atoms. The smallest absolute Gasteiger partial charge is 0.324 e. The number of carbonyl (C=O) groups excluding carboxylic acids is 5. The molecule has 0 unspecified atom stereocenters. The van der Waals surface area contributed by atoms with Gasteiger partial charge in [0.15, 0.2) is 0 Å². The topological polar surface area (TPSA) is 116 Å². The number of hydrogen-bond donors (Lipinski definition) is 2. The summed E-state index contributed by atoms with van der Waals surface area (Å²) in [6.45, 7) is -0.426. The van der Waals surface area contributed by atoms with Crippen molar-refractivity contribution in [3.63, 3.8) is 0 Å². The molecular weight excluding hydrogens is 460 g/mol. The van der Waals surface area contributed by atoms with Gasteiger partial charge >= 0.3 is 6.03 Å². The van der Waals surface area contributed by atoms with Gasteiger partial charge in [0.1, 0.15) is 12.1 Å². The minimum absolute atomic E-state index is 0.0865. The Balaban J connectivity index is 1.28. The van der Waals surface area contributed by atoms with Gasteiger partial charge in [-0.2, -0.15) is 0 Å². The van der Waals surface area contributed by atoms with E-state index >= 15 is 0 Å². The maximum absolute atomic E-state index is 12.9. The highest BCUT2D eigenvalue weighted by Crippen LogP contribution is 2.35. The third-order valence-corrected chi connectivity index (χ3v) is 6.82. The van der Waals surface area contributed by atoms with Crippen molar-refractivity contribution >= 4 is 52.6 Å². The van der Waals surface area contributed by atoms with E-state index < -0.39 is 35.8 Å². The second-order valence-corrected chi connectivity index (χ2v) is 9.08. The zero-order chi connectivity index (χ0) is 24.0. The number of nitrogens with zero attached hydrogens (tertiary/aromatic N) is 2. The molecule has 3 aliphatic rings. The maximum Gasteiger partial charge on any atom is 0.325 e. The number of fused-ring (bicyclic) bond motifs is 1. The van der Waals surface area contributed by atoms with Gasteiger partial charge in [0.2, 0.25) is 5.91 Å². The number of amides is 6. The van der Waals surface area contributed by atoms with Gasteiger partial charge in [-0.05, 0) is 43.2 Å². The zero-order valence-corrected chi connectivity index (χ0v) is 18.9. The zero-order valence-electron chi connectivity index (χ0n) is 18.1. The quantitative estimate of drug-likeness (QED) is 0.514. The highest BCUT2D eigenvalue weighted by molar-refractivity contribution is 6.40. The SMILES string of the molecule is O=C(CN1C(=O)NC2(CCCCC2)C1=O)Nc1ccc(N2C(=O)c3ccccc3C2=O)c(Cl)c1. The van der Waals surface area contributed by atoms with E-state index in [-0.39, 0.29) is 16.6 Å². The summed E-state index contributed by atoms with van der Waals surface area (Å²) in [5.41, 5.74) is 0.192. The molecule has 2 N–H and O–H groups in total. The Bertz CT molecular complexity index is 1220. The first-order valence-corrected chi connectivity index (χ1v) is 11.4. The van der Waals surface area contributed by atoms with E-state index in [2.05, 4.69) is 10.6 Å². The Morgan fingerprint density at radius 3 is 2.24 bits per heavy atom. The van der Waals surface area contributed by atoms with Crippen LogP contribution < -0.4 is 15.5 Å². The van der Waals surface area contributed by atoms with Gasteiger partial charge in [-0.1, -0.05) is 43.0 Å². The minimum Gasteiger partial charge on any atom is -0.324 e. The summed E-state index contributed by atoms with van der Waals surface area (Å²) in [5.74, 6) is -1.89. The predicted octanol–water partition coefficient (Wildman–Crippen LogP) is 3.33. The maximum atomic E-state index is 12.9. The summed E-state index contributed by atoms with van der Waals surface area (Å²) in [6, 6.07) is 10.3. The molecular formula is C24H21ClN4O5. The molecule has 2 heterocycles. The molecule has 0 bridgehead atoms. The van der Waals surface area contributed by atoms with Crippen LogP contribution in [0.25, 0.3) is 0 Å². The van der Waals surface area contributed by atoms with Gasteiger partial charge < -0.3 is 10.6 Å². The van der Waals surface area contributed by atoms with Crippen molar-refractivity contribution in [2.45, 2.75) is 37.6 Å². The number of benzene rings is 2. The Morgan fingerprint density at radius 2 is 1.62 bits per heavy atom. The average Bonchev–Trinajstić information content (AvgIpc) is 3.20. The molecule has 1 saturated carbocycles. The molecule has 2 aliphatic heterocycles. The van der Waals surface area contributed by atoms with E-state index in [0.717, 1.165) is 29.1 Å². The number of halogens is 1. The summed E-state index contributed by atoms with van der Waals surface area (Å²) in [4.78, 5) is 65.2. The molecule has 0 radical (unpaired) electrons. The van der Waals surface area contributed by atoms with Crippen molar-refractivity contribution in [2.75, 3.05) is 16.8 Å². The van der Waals surface area contributed by atoms with Crippen LogP contribution in [0.3, 0.4) is 0 Å². The summed E-state index contributed by atoms with van der Waals surface area (Å²) in [5, 5.41) is 5.47. The van der Waals surface area contributed by atoms with Crippen LogP contribution in [-0.2, 0) is 9.59 Å². The molecule has 174 valence electrons. The standard InChI is InChI=1S/C24H21ClN4O5/c25-17-12-14(8-9-18(17)29-20(31)15-6-2-3-7-16(15)21(29)32)26-19(30)13-28-22(33)24(27-23(28)34)10-4-1-5-11-24/h2-3,6-9,12H,1,4-5,10-11,13H2,(H,26,30)(H,27,34). The molecule has 1 aliphatic carbocycles. The highest BCUT2D eigenvalue weighted by atomic mass is 35.5. The van der Waals surface area contributed by atoms with E-state index in [1.54, 1.807) is 24.3 Å². The van der Waals surface area contributed by atoms with Crippen LogP contribution in [0, 0.1) is 0 Å². The van der Waals surface area contributed by atoms with E-state index in [1.807, 2.05) is 0 Å². The lowest BCUT2D eigenvalue weighted by Crippen LogP contribution is -2.48. The Labute approximate surface area is 200 Å². The number of imide groups is 2. The number of hydrogen-bond acceptors (Lipinski definition) is 5. The molecule has 2 fully saturated rings. The molecule has 2 aromatic carbocycles. The summed E-state index contributed by atoms with van der Waals surface area (Å²) in [7, 11) is 0. The minimum atomic E-state index is -0.896. The van der Waals surface area contributed by atoms with Crippen molar-refractivity contribution in [3.8, 4) is 0 Å². The van der Waals surface area contributed by atoms with Gasteiger partial charge in [0.25, 0.3) is 17.7 Å². The molecule has 2 aromatic rings. The number of rotatable bonds is 4. The molecule has 6 amide bonds. The number of anilines is 2. The van der Waals surface area contributed by atoms with Gasteiger partial charge in [0, 0.05) is 5.69 Å². The highest BCUT2D eigenvalue weighted by Gasteiger charge is 2.51. The van der Waals surface area contributed by atoms with Crippen LogP contribution in [-0.4, -0.2) is 46.6 Å². The molecule has 9 nitrogen and oxygen atoms in total. The lowest BCUT2D eigenvalue weighted by atomic mass is 9.82. The molecule has 0 atom stereocenters. The van der Waals surface area contributed by atoms with E-state index in [0.29, 0.717) is 29.7 Å². The van der Waals surface area contributed by atoms with Gasteiger partial charge in [-0.3, -0.25) is 24.1 Å². The second kappa shape index (κ2) is 8.25. The molecule has 0 aromatic heterocycles. The van der Waals surface area contributed by atoms with Crippen LogP contribution in [0.15, 0.2) is 42.5 Å². The fourth-order valence-corrected chi connectivity index (χ4v) is 5.10. The monoisotopic (exact) mass is 480 g/mol. The normalized spacial score (nSPS) is 19.0. The fourth-order valence-electron chi connectivity index (χ4n) is 4.83. The third-order valence-electron chi connectivity index (χ3n) is 6.52. The van der Waals surface area contributed by atoms with Gasteiger partial charge in [-0.25, -0.2) is 9.69 Å². The first kappa shape index (κ1) is 22.1. The van der Waals surface area contributed by atoms with E-state index in [1.165, 1.54) is 18.2 Å². The van der Waals surface area contributed by atoms with Gasteiger partial charge in [-0.15, -0.1) is 0 Å². The number of nitrogens with one attached hydrogen (secondary N) is 2. The second-order valence-electron chi connectivity index (χ2n) is 8.67. The van der Waals surface area contributed by atoms with Crippen LogP contribution in [0.1, 0.15) is 52.8 Å². The summed E-state index contributed by atoms with van der Waals surface area (Å²) >= 11 is 6.35. The largest absolute Gasteiger partial charge is 0.325 e. The molecule has 5 rings (SSSR count). The third kappa shape index (κ3) is 3.52. The first-order valence-electron chi connectivity index (χ1n) is 11.0. The lowest BCUT2D eigenvalue weighted by Gasteiger charge is -2.30. The van der Waals surface area contributed by atoms with Crippen molar-refractivity contribution in [1.29, 1.82) is 0 Å². The van der Waals surface area contributed by atoms with Crippen molar-refractivity contribution in [3.05, 3.63) is 58.6 Å². The average molecular weight is 481 g/mol. The van der Waals surface area contributed by atoms with Crippen LogP contribution in [0.4, 0.5) is 16.2 Å². The summed E-state index contributed by atoms with van der Waals surface area (Å²) < 4.78 is 0. The van der Waals surface area contributed by atoms with Crippen LogP contribution in [0.2, 0.25) is 5.02 Å². The number of urea groups is 1.